The molecule has 0 spiro atoms. The largest absolute Gasteiger partial charge is 0.404 e. The van der Waals surface area contributed by atoms with Gasteiger partial charge in [-0.2, -0.15) is 13.2 Å². The molecule has 0 heterocycles. The van der Waals surface area contributed by atoms with Crippen LogP contribution in [0.25, 0.3) is 0 Å². The van der Waals surface area contributed by atoms with Crippen molar-refractivity contribution in [2.75, 3.05) is 13.1 Å². The molecule has 1 aliphatic rings. The monoisotopic (exact) mass is 209 g/mol. The molecule has 1 atom stereocenters. The van der Waals surface area contributed by atoms with Crippen molar-refractivity contribution >= 4 is 0 Å². The van der Waals surface area contributed by atoms with E-state index in [1.807, 2.05) is 0 Å². The minimum atomic E-state index is -4.07. The summed E-state index contributed by atoms with van der Waals surface area (Å²) < 4.78 is 37.8. The fourth-order valence-electron chi connectivity index (χ4n) is 1.81. The summed E-state index contributed by atoms with van der Waals surface area (Å²) in [5.74, 6) is 0.520. The van der Waals surface area contributed by atoms with Gasteiger partial charge < -0.3 is 0 Å². The van der Waals surface area contributed by atoms with Crippen molar-refractivity contribution in [3.63, 3.8) is 0 Å². The van der Waals surface area contributed by atoms with E-state index in [9.17, 15) is 13.2 Å². The highest BCUT2D eigenvalue weighted by Crippen LogP contribution is 2.33. The summed E-state index contributed by atoms with van der Waals surface area (Å²) in [6, 6.07) is -1.24. The molecule has 4 heteroatoms. The van der Waals surface area contributed by atoms with Gasteiger partial charge in [0.15, 0.2) is 0 Å². The maximum absolute atomic E-state index is 12.6. The van der Waals surface area contributed by atoms with Gasteiger partial charge in [0.05, 0.1) is 0 Å². The van der Waals surface area contributed by atoms with Crippen molar-refractivity contribution in [1.29, 1.82) is 0 Å². The quantitative estimate of drug-likeness (QED) is 0.672. The van der Waals surface area contributed by atoms with Crippen molar-refractivity contribution in [1.82, 2.24) is 4.90 Å². The highest BCUT2D eigenvalue weighted by Gasteiger charge is 2.42. The lowest BCUT2D eigenvalue weighted by Crippen LogP contribution is -2.46. The minimum Gasteiger partial charge on any atom is -0.292 e. The summed E-state index contributed by atoms with van der Waals surface area (Å²) in [6.07, 6.45) is -1.71. The smallest absolute Gasteiger partial charge is 0.292 e. The molecule has 1 unspecified atom stereocenters. The minimum absolute atomic E-state index is 0.157. The van der Waals surface area contributed by atoms with E-state index in [1.165, 1.54) is 0 Å². The van der Waals surface area contributed by atoms with Crippen LogP contribution in [0.1, 0.15) is 33.1 Å². The Hall–Kier alpha value is -0.250. The van der Waals surface area contributed by atoms with E-state index < -0.39 is 12.2 Å². The first-order valence-electron chi connectivity index (χ1n) is 5.29. The second-order valence-corrected chi connectivity index (χ2v) is 4.00. The Bertz CT molecular complexity index is 175. The Balaban J connectivity index is 2.53. The number of nitrogens with zero attached hydrogens (tertiary/aromatic N) is 1. The predicted molar refractivity (Wildman–Crippen MR) is 50.1 cm³/mol. The highest BCUT2D eigenvalue weighted by atomic mass is 19.4. The van der Waals surface area contributed by atoms with E-state index in [4.69, 9.17) is 0 Å². The third-order valence-corrected chi connectivity index (χ3v) is 2.80. The molecule has 0 bridgehead atoms. The van der Waals surface area contributed by atoms with E-state index in [0.717, 1.165) is 12.8 Å². The van der Waals surface area contributed by atoms with Crippen LogP contribution in [0, 0.1) is 5.92 Å². The molecular weight excluding hydrogens is 191 g/mol. The lowest BCUT2D eigenvalue weighted by molar-refractivity contribution is -0.184. The first-order chi connectivity index (χ1) is 6.49. The molecule has 0 radical (unpaired) electrons. The van der Waals surface area contributed by atoms with E-state index in [0.29, 0.717) is 19.0 Å². The summed E-state index contributed by atoms with van der Waals surface area (Å²) in [5.41, 5.74) is 0. The van der Waals surface area contributed by atoms with Crippen LogP contribution in [-0.2, 0) is 0 Å². The third-order valence-electron chi connectivity index (χ3n) is 2.80. The van der Waals surface area contributed by atoms with E-state index in [2.05, 4.69) is 0 Å². The average Bonchev–Trinajstić information content (AvgIpc) is 2.85. The fourth-order valence-corrected chi connectivity index (χ4v) is 1.81. The van der Waals surface area contributed by atoms with Crippen molar-refractivity contribution in [3.8, 4) is 0 Å². The topological polar surface area (TPSA) is 3.24 Å². The van der Waals surface area contributed by atoms with Gasteiger partial charge in [-0.15, -0.1) is 0 Å². The Morgan fingerprint density at radius 2 is 1.86 bits per heavy atom. The Kier molecular flexibility index (Phi) is 3.81. The zero-order valence-electron chi connectivity index (χ0n) is 8.77. The molecule has 1 fully saturated rings. The van der Waals surface area contributed by atoms with Gasteiger partial charge in [0.25, 0.3) is 0 Å². The molecule has 0 amide bonds. The Morgan fingerprint density at radius 3 is 2.14 bits per heavy atom. The molecule has 0 aromatic carbocycles. The van der Waals surface area contributed by atoms with Gasteiger partial charge in [-0.1, -0.05) is 13.8 Å². The van der Waals surface area contributed by atoms with Crippen LogP contribution in [0.4, 0.5) is 13.2 Å². The molecule has 84 valence electrons. The predicted octanol–water partition coefficient (Wildman–Crippen LogP) is 3.06. The lowest BCUT2D eigenvalue weighted by atomic mass is 10.1. The summed E-state index contributed by atoms with van der Waals surface area (Å²) in [4.78, 5) is 1.57. The second kappa shape index (κ2) is 4.51. The Labute approximate surface area is 83.3 Å². The SMILES string of the molecule is CCC(N(CC)CC1CC1)C(F)(F)F. The zero-order chi connectivity index (χ0) is 10.8. The molecule has 1 saturated carbocycles. The molecule has 1 rings (SSSR count). The van der Waals surface area contributed by atoms with Crippen LogP contribution in [0.3, 0.4) is 0 Å². The van der Waals surface area contributed by atoms with Crippen molar-refractivity contribution in [2.24, 2.45) is 5.92 Å². The molecule has 0 aromatic heterocycles. The van der Waals surface area contributed by atoms with Crippen LogP contribution in [-0.4, -0.2) is 30.2 Å². The lowest BCUT2D eigenvalue weighted by Gasteiger charge is -2.31. The van der Waals surface area contributed by atoms with E-state index in [-0.39, 0.29) is 6.42 Å². The van der Waals surface area contributed by atoms with E-state index in [1.54, 1.807) is 18.7 Å². The Morgan fingerprint density at radius 1 is 1.29 bits per heavy atom. The fraction of sp³-hybridized carbons (Fsp3) is 1.00. The maximum atomic E-state index is 12.6. The van der Waals surface area contributed by atoms with Crippen LogP contribution in [0.5, 0.6) is 0 Å². The van der Waals surface area contributed by atoms with Crippen molar-refractivity contribution in [2.45, 2.75) is 45.3 Å². The maximum Gasteiger partial charge on any atom is 0.404 e. The number of halogens is 3. The number of rotatable bonds is 5. The normalized spacial score (nSPS) is 20.1. The van der Waals surface area contributed by atoms with Gasteiger partial charge in [-0.05, 0) is 31.7 Å². The molecule has 1 aliphatic carbocycles. The summed E-state index contributed by atoms with van der Waals surface area (Å²) in [6.45, 7) is 4.52. The van der Waals surface area contributed by atoms with Crippen molar-refractivity contribution in [3.05, 3.63) is 0 Å². The average molecular weight is 209 g/mol. The summed E-state index contributed by atoms with van der Waals surface area (Å²) >= 11 is 0. The van der Waals surface area contributed by atoms with Gasteiger partial charge in [0.2, 0.25) is 0 Å². The zero-order valence-corrected chi connectivity index (χ0v) is 8.77. The number of hydrogen-bond acceptors (Lipinski definition) is 1. The molecular formula is C10H18F3N. The van der Waals surface area contributed by atoms with Crippen LogP contribution in [0.2, 0.25) is 0 Å². The second-order valence-electron chi connectivity index (χ2n) is 4.00. The van der Waals surface area contributed by atoms with Crippen molar-refractivity contribution < 1.29 is 13.2 Å². The van der Waals surface area contributed by atoms with Crippen LogP contribution in [0.15, 0.2) is 0 Å². The van der Waals surface area contributed by atoms with Gasteiger partial charge in [0.1, 0.15) is 6.04 Å². The molecule has 1 nitrogen and oxygen atoms in total. The van der Waals surface area contributed by atoms with Crippen LogP contribution < -0.4 is 0 Å². The van der Waals surface area contributed by atoms with Gasteiger partial charge >= 0.3 is 6.18 Å². The highest BCUT2D eigenvalue weighted by molar-refractivity contribution is 4.83. The molecule has 0 N–H and O–H groups in total. The molecule has 14 heavy (non-hydrogen) atoms. The third kappa shape index (κ3) is 3.15. The van der Waals surface area contributed by atoms with Gasteiger partial charge in [0, 0.05) is 6.54 Å². The first-order valence-corrected chi connectivity index (χ1v) is 5.29. The molecule has 0 saturated heterocycles. The molecule has 0 aromatic rings. The number of hydrogen-bond donors (Lipinski definition) is 0. The van der Waals surface area contributed by atoms with E-state index >= 15 is 0 Å². The summed E-state index contributed by atoms with van der Waals surface area (Å²) in [5, 5.41) is 0. The van der Waals surface area contributed by atoms with Crippen LogP contribution >= 0.6 is 0 Å². The molecule has 0 aliphatic heterocycles. The first kappa shape index (κ1) is 11.8. The number of alkyl halides is 3. The van der Waals surface area contributed by atoms with Gasteiger partial charge in [-0.3, -0.25) is 4.90 Å². The summed E-state index contributed by atoms with van der Waals surface area (Å²) in [7, 11) is 0. The van der Waals surface area contributed by atoms with Gasteiger partial charge in [-0.25, -0.2) is 0 Å². The standard InChI is InChI=1S/C10H18F3N/c1-3-9(10(11,12)13)14(4-2)7-8-5-6-8/h8-9H,3-7H2,1-2H3.